The molecule has 2 aromatic heterocycles. The van der Waals surface area contributed by atoms with Gasteiger partial charge in [0.05, 0.1) is 0 Å². The van der Waals surface area contributed by atoms with Crippen LogP contribution in [0.5, 0.6) is 0 Å². The topological polar surface area (TPSA) is 109 Å². The number of nitrogens with zero attached hydrogens (tertiary/aromatic N) is 2. The summed E-state index contributed by atoms with van der Waals surface area (Å²) in [6, 6.07) is 31.5. The van der Waals surface area contributed by atoms with Crippen molar-refractivity contribution < 1.29 is 14.4 Å². The van der Waals surface area contributed by atoms with Gasteiger partial charge in [0.1, 0.15) is 35.2 Å². The van der Waals surface area contributed by atoms with Crippen molar-refractivity contribution in [2.45, 2.75) is 34.1 Å². The zero-order valence-electron chi connectivity index (χ0n) is 25.2. The smallest absolute Gasteiger partial charge is 0.185 e. The first kappa shape index (κ1) is 34.5. The molecule has 0 aliphatic rings. The van der Waals surface area contributed by atoms with Gasteiger partial charge in [0.2, 0.25) is 0 Å². The molecular weight excluding hydrogens is 555 g/mol. The first-order valence-corrected chi connectivity index (χ1v) is 16.0. The molecule has 3 aromatic carbocycles. The molecule has 0 aliphatic carbocycles. The summed E-state index contributed by atoms with van der Waals surface area (Å²) in [5, 5.41) is 3.77. The number of benzene rings is 3. The summed E-state index contributed by atoms with van der Waals surface area (Å²) >= 11 is 0. The van der Waals surface area contributed by atoms with E-state index in [2.05, 4.69) is 107 Å². The summed E-state index contributed by atoms with van der Waals surface area (Å²) < 4.78 is 0. The summed E-state index contributed by atoms with van der Waals surface area (Å²) in [7, 11) is -1.96. The minimum atomic E-state index is -1.96. The second-order valence-corrected chi connectivity index (χ2v) is 12.9. The molecule has 5 rings (SSSR count). The number of imidazole rings is 2. The van der Waals surface area contributed by atoms with Crippen molar-refractivity contribution in [1.29, 1.82) is 0 Å². The van der Waals surface area contributed by atoms with Gasteiger partial charge in [-0.2, -0.15) is 0 Å². The number of nitrogens with one attached hydrogen (secondary N) is 2. The van der Waals surface area contributed by atoms with E-state index in [9.17, 15) is 14.4 Å². The van der Waals surface area contributed by atoms with Crippen molar-refractivity contribution >= 4 is 47.1 Å². The number of rotatable bonds is 8. The van der Waals surface area contributed by atoms with Gasteiger partial charge >= 0.3 is 0 Å². The fraction of sp³-hybridized carbons (Fsp3) is 0.171. The Hall–Kier alpha value is -4.74. The van der Waals surface area contributed by atoms with Gasteiger partial charge in [-0.05, 0) is 62.4 Å². The maximum Gasteiger partial charge on any atom is 0.185 e. The van der Waals surface area contributed by atoms with Crippen molar-refractivity contribution in [3.63, 3.8) is 0 Å². The zero-order chi connectivity index (χ0) is 31.3. The zero-order valence-corrected chi connectivity index (χ0v) is 26.1. The Balaban J connectivity index is 0.000000264. The maximum atomic E-state index is 12.2. The predicted octanol–water partition coefficient (Wildman–Crippen LogP) is 6.22. The molecule has 0 atom stereocenters. The van der Waals surface area contributed by atoms with Gasteiger partial charge < -0.3 is 9.97 Å². The molecule has 0 saturated carbocycles. The molecule has 0 bridgehead atoms. The Morgan fingerprint density at radius 3 is 1.37 bits per heavy atom. The van der Waals surface area contributed by atoms with Crippen LogP contribution in [0.4, 0.5) is 0 Å². The lowest BCUT2D eigenvalue weighted by Gasteiger charge is -2.26. The van der Waals surface area contributed by atoms with Crippen LogP contribution in [0, 0.1) is 0 Å². The quantitative estimate of drug-likeness (QED) is 0.126. The monoisotopic (exact) mass is 595 g/mol. The summed E-state index contributed by atoms with van der Waals surface area (Å²) in [5.74, 6) is 1.33. The lowest BCUT2D eigenvalue weighted by atomic mass is 10.4. The number of aromatic amines is 2. The lowest BCUT2D eigenvalue weighted by molar-refractivity contribution is -0.115. The summed E-state index contributed by atoms with van der Waals surface area (Å²) in [6.07, 6.45) is 12.1. The van der Waals surface area contributed by atoms with E-state index >= 15 is 0 Å². The summed E-state index contributed by atoms with van der Waals surface area (Å²) in [4.78, 5) is 45.3. The number of ketones is 2. The molecule has 222 valence electrons. The Labute approximate surface area is 254 Å². The minimum absolute atomic E-state index is 0.0244. The standard InChI is InChI=1S/C21H20OP.C7H8N2O.C4H4N2O.C3H8/c1-18(22)17-23(19-11-5-2-6-12-19,20-13-7-3-8-14-20)21-15-9-4-10-16-21;1-6(10)2-3-7-8-4-5-9-7;7-3-4-5-1-2-6-4;1-3-2/h2-16H,17H2,1H3;2-5H,1H3,(H,8,9);1-3H,(H,5,6);3H2,1-2H3/q+1;;;/b;3-2+;;. The highest BCUT2D eigenvalue weighted by atomic mass is 31.2. The highest BCUT2D eigenvalue weighted by molar-refractivity contribution is 7.96. The third-order valence-corrected chi connectivity index (χ3v) is 10.1. The number of hydrogen-bond donors (Lipinski definition) is 2. The van der Waals surface area contributed by atoms with Gasteiger partial charge in [-0.3, -0.25) is 14.4 Å². The number of aromatic nitrogens is 4. The van der Waals surface area contributed by atoms with Crippen molar-refractivity contribution in [1.82, 2.24) is 19.9 Å². The fourth-order valence-corrected chi connectivity index (χ4v) is 8.16. The van der Waals surface area contributed by atoms with Crippen LogP contribution in [0.1, 0.15) is 50.6 Å². The molecule has 0 amide bonds. The molecule has 2 heterocycles. The average molecular weight is 596 g/mol. The molecule has 0 saturated heterocycles. The van der Waals surface area contributed by atoms with Crippen molar-refractivity contribution in [2.24, 2.45) is 0 Å². The average Bonchev–Trinajstić information content (AvgIpc) is 3.76. The summed E-state index contributed by atoms with van der Waals surface area (Å²) in [6.45, 7) is 7.45. The molecule has 0 fully saturated rings. The number of Topliss-reactive ketones (excluding diaryl/α,β-unsaturated/α-hetero) is 1. The normalized spacial score (nSPS) is 10.2. The van der Waals surface area contributed by atoms with Crippen LogP contribution in [0.3, 0.4) is 0 Å². The molecular formula is C35H40N4O3P+. The molecule has 0 radical (unpaired) electrons. The van der Waals surface area contributed by atoms with Crippen LogP contribution in [-0.2, 0) is 9.59 Å². The maximum absolute atomic E-state index is 12.2. The first-order chi connectivity index (χ1) is 20.9. The molecule has 8 heteroatoms. The van der Waals surface area contributed by atoms with E-state index in [1.54, 1.807) is 31.6 Å². The molecule has 0 spiro atoms. The number of carbonyl (C=O) groups excluding carboxylic acids is 3. The Bertz CT molecular complexity index is 1390. The van der Waals surface area contributed by atoms with Crippen LogP contribution >= 0.6 is 7.26 Å². The van der Waals surface area contributed by atoms with Crippen molar-refractivity contribution in [2.75, 3.05) is 6.16 Å². The van der Waals surface area contributed by atoms with Crippen molar-refractivity contribution in [3.8, 4) is 0 Å². The van der Waals surface area contributed by atoms with Crippen LogP contribution < -0.4 is 15.9 Å². The number of allylic oxidation sites excluding steroid dienone is 1. The van der Waals surface area contributed by atoms with E-state index in [0.29, 0.717) is 24.1 Å². The number of carbonyl (C=O) groups is 3. The lowest BCUT2D eigenvalue weighted by Crippen LogP contribution is -2.35. The number of hydrogen-bond acceptors (Lipinski definition) is 5. The molecule has 2 N–H and O–H groups in total. The Morgan fingerprint density at radius 1 is 0.698 bits per heavy atom. The van der Waals surface area contributed by atoms with Crippen LogP contribution in [0.25, 0.3) is 6.08 Å². The van der Waals surface area contributed by atoms with Gasteiger partial charge in [0, 0.05) is 24.8 Å². The molecule has 0 aliphatic heterocycles. The summed E-state index contributed by atoms with van der Waals surface area (Å²) in [5.41, 5.74) is 0. The largest absolute Gasteiger partial charge is 0.345 e. The first-order valence-electron chi connectivity index (χ1n) is 14.0. The van der Waals surface area contributed by atoms with Gasteiger partial charge in [-0.15, -0.1) is 0 Å². The minimum Gasteiger partial charge on any atom is -0.345 e. The Kier molecular flexibility index (Phi) is 15.5. The second kappa shape index (κ2) is 19.4. The second-order valence-electron chi connectivity index (χ2n) is 9.39. The third-order valence-electron chi connectivity index (χ3n) is 5.68. The van der Waals surface area contributed by atoms with Gasteiger partial charge in [0.15, 0.2) is 23.7 Å². The molecule has 43 heavy (non-hydrogen) atoms. The van der Waals surface area contributed by atoms with Crippen LogP contribution in [0.2, 0.25) is 0 Å². The highest BCUT2D eigenvalue weighted by Gasteiger charge is 2.46. The highest BCUT2D eigenvalue weighted by Crippen LogP contribution is 2.55. The van der Waals surface area contributed by atoms with E-state index < -0.39 is 7.26 Å². The van der Waals surface area contributed by atoms with Crippen LogP contribution in [-0.4, -0.2) is 44.0 Å². The van der Waals surface area contributed by atoms with Crippen molar-refractivity contribution in [3.05, 3.63) is 134 Å². The third kappa shape index (κ3) is 11.6. The molecule has 0 unspecified atom stereocenters. The fourth-order valence-electron chi connectivity index (χ4n) is 4.01. The van der Waals surface area contributed by atoms with E-state index in [-0.39, 0.29) is 11.6 Å². The van der Waals surface area contributed by atoms with E-state index in [1.807, 2.05) is 18.2 Å². The predicted molar refractivity (Wildman–Crippen MR) is 179 cm³/mol. The Morgan fingerprint density at radius 2 is 1.09 bits per heavy atom. The van der Waals surface area contributed by atoms with E-state index in [0.717, 1.165) is 0 Å². The number of aldehydes is 1. The SMILES string of the molecule is CC(=O)/C=C/c1ncc[nH]1.CC(=O)C[P+](c1ccccc1)(c1ccccc1)c1ccccc1.CCC.O=Cc1ncc[nH]1. The number of H-pyrrole nitrogens is 2. The van der Waals surface area contributed by atoms with Crippen LogP contribution in [0.15, 0.2) is 122 Å². The van der Waals surface area contributed by atoms with Gasteiger partial charge in [0.25, 0.3) is 0 Å². The van der Waals surface area contributed by atoms with E-state index in [1.165, 1.54) is 41.5 Å². The van der Waals surface area contributed by atoms with Gasteiger partial charge in [-0.1, -0.05) is 74.9 Å². The molecule has 5 aromatic rings. The van der Waals surface area contributed by atoms with E-state index in [4.69, 9.17) is 0 Å². The molecule has 7 nitrogen and oxygen atoms in total. The van der Waals surface area contributed by atoms with Gasteiger partial charge in [-0.25, -0.2) is 9.97 Å².